The summed E-state index contributed by atoms with van der Waals surface area (Å²) in [6.45, 7) is 1.45. The number of ketones is 1. The first-order valence-corrected chi connectivity index (χ1v) is 4.70. The van der Waals surface area contributed by atoms with Gasteiger partial charge in [-0.3, -0.25) is 4.79 Å². The molecule has 0 saturated carbocycles. The van der Waals surface area contributed by atoms with Gasteiger partial charge in [0, 0.05) is 20.6 Å². The molecule has 0 unspecified atom stereocenters. The number of carbonyl (C=O) groups excluding carboxylic acids is 1. The van der Waals surface area contributed by atoms with Crippen LogP contribution in [0.5, 0.6) is 0 Å². The lowest BCUT2D eigenvalue weighted by Crippen LogP contribution is -2.11. The maximum absolute atomic E-state index is 11.5. The number of nitrogens with zero attached hydrogens (tertiary/aromatic N) is 3. The number of ether oxygens (including phenoxy) is 2. The molecule has 0 spiro atoms. The van der Waals surface area contributed by atoms with E-state index in [0.717, 1.165) is 0 Å². The van der Waals surface area contributed by atoms with Crippen LogP contribution in [0, 0.1) is 0 Å². The second kappa shape index (κ2) is 6.26. The van der Waals surface area contributed by atoms with E-state index in [9.17, 15) is 4.79 Å². The molecule has 0 radical (unpaired) electrons. The van der Waals surface area contributed by atoms with Gasteiger partial charge < -0.3 is 9.47 Å². The minimum Gasteiger partial charge on any atom is -0.382 e. The summed E-state index contributed by atoms with van der Waals surface area (Å²) in [4.78, 5) is 11.5. The Morgan fingerprint density at radius 1 is 1.47 bits per heavy atom. The number of rotatable bonds is 7. The summed E-state index contributed by atoms with van der Waals surface area (Å²) in [7, 11) is 3.29. The third-order valence-electron chi connectivity index (χ3n) is 1.91. The Kier molecular flexibility index (Phi) is 4.92. The van der Waals surface area contributed by atoms with E-state index < -0.39 is 0 Å². The van der Waals surface area contributed by atoms with Crippen molar-refractivity contribution in [3.63, 3.8) is 0 Å². The Labute approximate surface area is 88.2 Å². The van der Waals surface area contributed by atoms with Crippen molar-refractivity contribution in [2.24, 2.45) is 7.05 Å². The first kappa shape index (κ1) is 11.8. The maximum atomic E-state index is 11.5. The summed E-state index contributed by atoms with van der Waals surface area (Å²) in [5, 5.41) is 7.31. The number of aromatic nitrogens is 3. The van der Waals surface area contributed by atoms with E-state index in [4.69, 9.17) is 9.47 Å². The van der Waals surface area contributed by atoms with Crippen molar-refractivity contribution in [3.05, 3.63) is 11.9 Å². The monoisotopic (exact) mass is 213 g/mol. The summed E-state index contributed by atoms with van der Waals surface area (Å²) >= 11 is 0. The highest BCUT2D eigenvalue weighted by atomic mass is 16.5. The third-order valence-corrected chi connectivity index (χ3v) is 1.91. The second-order valence-corrected chi connectivity index (χ2v) is 3.02. The molecule has 0 aliphatic rings. The summed E-state index contributed by atoms with van der Waals surface area (Å²) in [5.41, 5.74) is 0.505. The first-order chi connectivity index (χ1) is 7.25. The van der Waals surface area contributed by atoms with Gasteiger partial charge in [-0.25, -0.2) is 4.68 Å². The molecule has 0 amide bonds. The molecule has 0 bridgehead atoms. The van der Waals surface area contributed by atoms with Gasteiger partial charge in [-0.05, 0) is 0 Å². The Balaban J connectivity index is 2.22. The average Bonchev–Trinajstić information content (AvgIpc) is 2.64. The Bertz CT molecular complexity index is 311. The van der Waals surface area contributed by atoms with E-state index in [1.807, 2.05) is 0 Å². The highest BCUT2D eigenvalue weighted by Gasteiger charge is 2.10. The zero-order chi connectivity index (χ0) is 11.1. The zero-order valence-electron chi connectivity index (χ0n) is 8.97. The van der Waals surface area contributed by atoms with Crippen molar-refractivity contribution >= 4 is 5.78 Å². The molecule has 6 heteroatoms. The molecule has 0 fully saturated rings. The average molecular weight is 213 g/mol. The maximum Gasteiger partial charge on any atom is 0.184 e. The molecule has 15 heavy (non-hydrogen) atoms. The highest BCUT2D eigenvalue weighted by Crippen LogP contribution is 1.99. The molecule has 0 aliphatic carbocycles. The Morgan fingerprint density at radius 3 is 2.87 bits per heavy atom. The van der Waals surface area contributed by atoms with Crippen LogP contribution < -0.4 is 0 Å². The van der Waals surface area contributed by atoms with Crippen LogP contribution >= 0.6 is 0 Å². The lowest BCUT2D eigenvalue weighted by atomic mass is 10.2. The molecule has 0 saturated heterocycles. The van der Waals surface area contributed by atoms with Gasteiger partial charge >= 0.3 is 0 Å². The topological polar surface area (TPSA) is 66.2 Å². The van der Waals surface area contributed by atoms with Crippen molar-refractivity contribution in [2.45, 2.75) is 6.42 Å². The quantitative estimate of drug-likeness (QED) is 0.473. The van der Waals surface area contributed by atoms with Crippen LogP contribution in [0.15, 0.2) is 6.20 Å². The molecule has 0 N–H and O–H groups in total. The first-order valence-electron chi connectivity index (χ1n) is 4.70. The molecule has 0 atom stereocenters. The molecule has 0 aliphatic heterocycles. The molecule has 0 aromatic carbocycles. The Morgan fingerprint density at radius 2 is 2.27 bits per heavy atom. The minimum atomic E-state index is -0.0140. The van der Waals surface area contributed by atoms with Crippen LogP contribution in [0.25, 0.3) is 0 Å². The van der Waals surface area contributed by atoms with Gasteiger partial charge in [-0.15, -0.1) is 5.10 Å². The number of hydrogen-bond acceptors (Lipinski definition) is 5. The predicted molar refractivity (Wildman–Crippen MR) is 52.6 cm³/mol. The number of Topliss-reactive ketones (excluding diaryl/α,β-unsaturated/α-hetero) is 1. The SMILES string of the molecule is COCCOCCC(=O)c1cnnn1C. The van der Waals surface area contributed by atoms with Crippen LogP contribution in [-0.4, -0.2) is 47.7 Å². The van der Waals surface area contributed by atoms with Crippen molar-refractivity contribution in [3.8, 4) is 0 Å². The lowest BCUT2D eigenvalue weighted by Gasteiger charge is -2.02. The van der Waals surface area contributed by atoms with Gasteiger partial charge in [0.15, 0.2) is 5.78 Å². The smallest absolute Gasteiger partial charge is 0.184 e. The van der Waals surface area contributed by atoms with Gasteiger partial charge in [-0.1, -0.05) is 5.21 Å². The van der Waals surface area contributed by atoms with Gasteiger partial charge in [0.2, 0.25) is 0 Å². The number of methoxy groups -OCH3 is 1. The molecule has 84 valence electrons. The fourth-order valence-corrected chi connectivity index (χ4v) is 1.08. The minimum absolute atomic E-state index is 0.0140. The van der Waals surface area contributed by atoms with Crippen molar-refractivity contribution in [2.75, 3.05) is 26.9 Å². The van der Waals surface area contributed by atoms with E-state index in [0.29, 0.717) is 31.9 Å². The predicted octanol–water partition coefficient (Wildman–Crippen LogP) is 0.0509. The lowest BCUT2D eigenvalue weighted by molar-refractivity contribution is 0.0638. The van der Waals surface area contributed by atoms with E-state index in [2.05, 4.69) is 10.3 Å². The van der Waals surface area contributed by atoms with Crippen LogP contribution in [0.2, 0.25) is 0 Å². The summed E-state index contributed by atoms with van der Waals surface area (Å²) in [6.07, 6.45) is 1.79. The van der Waals surface area contributed by atoms with Crippen molar-refractivity contribution in [1.29, 1.82) is 0 Å². The molecule has 6 nitrogen and oxygen atoms in total. The number of aryl methyl sites for hydroxylation is 1. The number of carbonyl (C=O) groups is 1. The third kappa shape index (κ3) is 3.77. The molecule has 1 rings (SSSR count). The Hall–Kier alpha value is -1.27. The fourth-order valence-electron chi connectivity index (χ4n) is 1.08. The largest absolute Gasteiger partial charge is 0.382 e. The van der Waals surface area contributed by atoms with E-state index >= 15 is 0 Å². The normalized spacial score (nSPS) is 10.5. The zero-order valence-corrected chi connectivity index (χ0v) is 8.97. The van der Waals surface area contributed by atoms with Gasteiger partial charge in [-0.2, -0.15) is 0 Å². The van der Waals surface area contributed by atoms with Crippen LogP contribution in [0.1, 0.15) is 16.9 Å². The molecule has 1 aromatic heterocycles. The standard InChI is InChI=1S/C9H15N3O3/c1-12-8(7-10-11-12)9(13)3-4-15-6-5-14-2/h7H,3-6H2,1-2H3. The fraction of sp³-hybridized carbons (Fsp3) is 0.667. The van der Waals surface area contributed by atoms with Crippen LogP contribution in [0.3, 0.4) is 0 Å². The summed E-state index contributed by atoms with van der Waals surface area (Å²) in [5.74, 6) is -0.0140. The van der Waals surface area contributed by atoms with Gasteiger partial charge in [0.05, 0.1) is 26.0 Å². The van der Waals surface area contributed by atoms with E-state index in [1.165, 1.54) is 10.9 Å². The molecule has 1 aromatic rings. The summed E-state index contributed by atoms with van der Waals surface area (Å²) < 4.78 is 11.4. The van der Waals surface area contributed by atoms with E-state index in [1.54, 1.807) is 14.2 Å². The molecule has 1 heterocycles. The van der Waals surface area contributed by atoms with Crippen molar-refractivity contribution in [1.82, 2.24) is 15.0 Å². The van der Waals surface area contributed by atoms with Gasteiger partial charge in [0.1, 0.15) is 5.69 Å². The van der Waals surface area contributed by atoms with Crippen molar-refractivity contribution < 1.29 is 14.3 Å². The molecular weight excluding hydrogens is 198 g/mol. The number of hydrogen-bond donors (Lipinski definition) is 0. The van der Waals surface area contributed by atoms with Gasteiger partial charge in [0.25, 0.3) is 0 Å². The highest BCUT2D eigenvalue weighted by molar-refractivity contribution is 5.94. The molecular formula is C9H15N3O3. The van der Waals surface area contributed by atoms with Crippen LogP contribution in [-0.2, 0) is 16.5 Å². The van der Waals surface area contributed by atoms with Crippen LogP contribution in [0.4, 0.5) is 0 Å². The summed E-state index contributed by atoms with van der Waals surface area (Å²) in [6, 6.07) is 0. The van der Waals surface area contributed by atoms with E-state index in [-0.39, 0.29) is 5.78 Å². The second-order valence-electron chi connectivity index (χ2n) is 3.02.